The molecule has 1 aliphatic rings. The number of nitrogens with one attached hydrogen (secondary N) is 2. The Bertz CT molecular complexity index is 577. The van der Waals surface area contributed by atoms with Gasteiger partial charge in [0.15, 0.2) is 0 Å². The molecule has 0 bridgehead atoms. The summed E-state index contributed by atoms with van der Waals surface area (Å²) >= 11 is 0. The predicted octanol–water partition coefficient (Wildman–Crippen LogP) is 2.34. The van der Waals surface area contributed by atoms with E-state index in [-0.39, 0.29) is 24.8 Å². The van der Waals surface area contributed by atoms with Crippen molar-refractivity contribution < 1.29 is 19.5 Å². The van der Waals surface area contributed by atoms with Gasteiger partial charge in [0.25, 0.3) is 0 Å². The van der Waals surface area contributed by atoms with Crippen LogP contribution in [-0.2, 0) is 20.8 Å². The van der Waals surface area contributed by atoms with Crippen LogP contribution in [0.15, 0.2) is 24.3 Å². The lowest BCUT2D eigenvalue weighted by Gasteiger charge is -2.09. The summed E-state index contributed by atoms with van der Waals surface area (Å²) in [5.41, 5.74) is 1.47. The minimum Gasteiger partial charge on any atom is -0.480 e. The number of carboxylic acid groups (broad SMARTS) is 1. The fraction of sp³-hybridized carbons (Fsp3) is 0.500. The quantitative estimate of drug-likeness (QED) is 0.681. The molecule has 1 fully saturated rings. The van der Waals surface area contributed by atoms with Crippen molar-refractivity contribution in [2.24, 2.45) is 5.92 Å². The molecular formula is C18H24N2O4. The lowest BCUT2D eigenvalue weighted by Crippen LogP contribution is -2.30. The van der Waals surface area contributed by atoms with Crippen LogP contribution in [0.1, 0.15) is 44.1 Å². The molecule has 24 heavy (non-hydrogen) atoms. The van der Waals surface area contributed by atoms with E-state index in [1.54, 1.807) is 24.3 Å². The molecule has 2 rings (SSSR count). The summed E-state index contributed by atoms with van der Waals surface area (Å²) in [5.74, 6) is -0.693. The van der Waals surface area contributed by atoms with Crippen molar-refractivity contribution in [2.75, 3.05) is 11.9 Å². The molecule has 2 amide bonds. The second-order valence-corrected chi connectivity index (χ2v) is 6.28. The molecule has 0 aliphatic heterocycles. The maximum atomic E-state index is 12.0. The molecule has 0 unspecified atom stereocenters. The van der Waals surface area contributed by atoms with Crippen LogP contribution < -0.4 is 10.6 Å². The average Bonchev–Trinajstić information content (AvgIpc) is 3.06. The maximum Gasteiger partial charge on any atom is 0.322 e. The standard InChI is InChI=1S/C18H24N2O4/c21-16(10-7-13-3-1-2-4-13)20-15-8-5-14(6-9-15)11-17(22)19-12-18(23)24/h5-6,8-9,13H,1-4,7,10-12H2,(H,19,22)(H,20,21)(H,23,24). The first-order chi connectivity index (χ1) is 11.5. The van der Waals surface area contributed by atoms with Crippen molar-refractivity contribution >= 4 is 23.5 Å². The molecule has 0 aromatic heterocycles. The zero-order chi connectivity index (χ0) is 17.4. The average molecular weight is 332 g/mol. The number of rotatable bonds is 8. The van der Waals surface area contributed by atoms with Crippen molar-refractivity contribution in [1.29, 1.82) is 0 Å². The smallest absolute Gasteiger partial charge is 0.322 e. The Kier molecular flexibility index (Phi) is 6.78. The van der Waals surface area contributed by atoms with E-state index in [2.05, 4.69) is 10.6 Å². The Morgan fingerprint density at radius 1 is 1.04 bits per heavy atom. The molecule has 1 aromatic carbocycles. The summed E-state index contributed by atoms with van der Waals surface area (Å²) < 4.78 is 0. The normalized spacial score (nSPS) is 14.3. The van der Waals surface area contributed by atoms with E-state index in [1.807, 2.05) is 0 Å². The molecule has 0 spiro atoms. The number of hydrogen-bond donors (Lipinski definition) is 3. The number of amides is 2. The number of hydrogen-bond acceptors (Lipinski definition) is 3. The number of benzene rings is 1. The van der Waals surface area contributed by atoms with Gasteiger partial charge in [-0.1, -0.05) is 37.8 Å². The van der Waals surface area contributed by atoms with Gasteiger partial charge in [0.1, 0.15) is 6.54 Å². The van der Waals surface area contributed by atoms with Gasteiger partial charge in [0.05, 0.1) is 6.42 Å². The highest BCUT2D eigenvalue weighted by Gasteiger charge is 2.16. The van der Waals surface area contributed by atoms with Crippen LogP contribution in [0.3, 0.4) is 0 Å². The SMILES string of the molecule is O=C(O)CNC(=O)Cc1ccc(NC(=O)CCC2CCCC2)cc1. The largest absolute Gasteiger partial charge is 0.480 e. The van der Waals surface area contributed by atoms with Gasteiger partial charge in [-0.2, -0.15) is 0 Å². The van der Waals surface area contributed by atoms with Gasteiger partial charge in [-0.25, -0.2) is 0 Å². The molecule has 130 valence electrons. The first-order valence-electron chi connectivity index (χ1n) is 8.40. The number of carbonyl (C=O) groups excluding carboxylic acids is 2. The van der Waals surface area contributed by atoms with Crippen LogP contribution >= 0.6 is 0 Å². The van der Waals surface area contributed by atoms with Crippen molar-refractivity contribution in [3.8, 4) is 0 Å². The van der Waals surface area contributed by atoms with E-state index < -0.39 is 5.97 Å². The highest BCUT2D eigenvalue weighted by atomic mass is 16.4. The lowest BCUT2D eigenvalue weighted by atomic mass is 10.0. The fourth-order valence-electron chi connectivity index (χ4n) is 2.99. The van der Waals surface area contributed by atoms with Crippen LogP contribution in [0.25, 0.3) is 0 Å². The van der Waals surface area contributed by atoms with Crippen molar-refractivity contribution in [2.45, 2.75) is 44.9 Å². The zero-order valence-corrected chi connectivity index (χ0v) is 13.7. The lowest BCUT2D eigenvalue weighted by molar-refractivity contribution is -0.137. The van der Waals surface area contributed by atoms with Gasteiger partial charge in [0.2, 0.25) is 11.8 Å². The first-order valence-corrected chi connectivity index (χ1v) is 8.40. The van der Waals surface area contributed by atoms with Gasteiger partial charge < -0.3 is 15.7 Å². The molecule has 0 saturated heterocycles. The highest BCUT2D eigenvalue weighted by molar-refractivity contribution is 5.90. The molecule has 1 aromatic rings. The fourth-order valence-corrected chi connectivity index (χ4v) is 2.99. The molecule has 1 saturated carbocycles. The van der Waals surface area contributed by atoms with E-state index in [0.717, 1.165) is 12.0 Å². The van der Waals surface area contributed by atoms with Crippen LogP contribution in [0.2, 0.25) is 0 Å². The number of carbonyl (C=O) groups is 3. The molecule has 6 nitrogen and oxygen atoms in total. The summed E-state index contributed by atoms with van der Waals surface area (Å²) in [6, 6.07) is 7.03. The van der Waals surface area contributed by atoms with Gasteiger partial charge in [-0.15, -0.1) is 0 Å². The summed E-state index contributed by atoms with van der Waals surface area (Å²) in [6.45, 7) is -0.381. The maximum absolute atomic E-state index is 12.0. The molecule has 1 aliphatic carbocycles. The molecule has 0 radical (unpaired) electrons. The Morgan fingerprint density at radius 3 is 2.33 bits per heavy atom. The Morgan fingerprint density at radius 2 is 1.71 bits per heavy atom. The van der Waals surface area contributed by atoms with Crippen molar-refractivity contribution in [1.82, 2.24) is 5.32 Å². The zero-order valence-electron chi connectivity index (χ0n) is 13.7. The van der Waals surface area contributed by atoms with Gasteiger partial charge in [0, 0.05) is 12.1 Å². The minimum absolute atomic E-state index is 0.0221. The van der Waals surface area contributed by atoms with E-state index >= 15 is 0 Å². The number of anilines is 1. The van der Waals surface area contributed by atoms with Crippen LogP contribution in [0, 0.1) is 5.92 Å². The predicted molar refractivity (Wildman–Crippen MR) is 90.6 cm³/mol. The molecule has 3 N–H and O–H groups in total. The molecule has 0 atom stereocenters. The van der Waals surface area contributed by atoms with Gasteiger partial charge in [-0.3, -0.25) is 14.4 Å². The summed E-state index contributed by atoms with van der Waals surface area (Å²) in [4.78, 5) is 33.9. The van der Waals surface area contributed by atoms with E-state index in [4.69, 9.17) is 5.11 Å². The highest BCUT2D eigenvalue weighted by Crippen LogP contribution is 2.28. The third kappa shape index (κ3) is 6.40. The van der Waals surface area contributed by atoms with Crippen molar-refractivity contribution in [3.63, 3.8) is 0 Å². The summed E-state index contributed by atoms with van der Waals surface area (Å²) in [6.07, 6.45) is 6.67. The van der Waals surface area contributed by atoms with E-state index in [0.29, 0.717) is 18.0 Å². The number of aliphatic carboxylic acids is 1. The van der Waals surface area contributed by atoms with E-state index in [9.17, 15) is 14.4 Å². The number of carboxylic acids is 1. The molecular weight excluding hydrogens is 308 g/mol. The first kappa shape index (κ1) is 18.0. The topological polar surface area (TPSA) is 95.5 Å². The Hall–Kier alpha value is -2.37. The third-order valence-electron chi connectivity index (χ3n) is 4.29. The van der Waals surface area contributed by atoms with Gasteiger partial charge >= 0.3 is 5.97 Å². The van der Waals surface area contributed by atoms with Crippen LogP contribution in [0.4, 0.5) is 5.69 Å². The van der Waals surface area contributed by atoms with Crippen LogP contribution in [0.5, 0.6) is 0 Å². The third-order valence-corrected chi connectivity index (χ3v) is 4.29. The summed E-state index contributed by atoms with van der Waals surface area (Å²) in [7, 11) is 0. The van der Waals surface area contributed by atoms with Crippen LogP contribution in [-0.4, -0.2) is 29.4 Å². The Labute approximate surface area is 141 Å². The monoisotopic (exact) mass is 332 g/mol. The molecule has 0 heterocycles. The van der Waals surface area contributed by atoms with Crippen molar-refractivity contribution in [3.05, 3.63) is 29.8 Å². The Balaban J connectivity index is 1.73. The second-order valence-electron chi connectivity index (χ2n) is 6.28. The molecule has 6 heteroatoms. The second kappa shape index (κ2) is 9.05. The summed E-state index contributed by atoms with van der Waals surface area (Å²) in [5, 5.41) is 13.7. The minimum atomic E-state index is -1.07. The van der Waals surface area contributed by atoms with E-state index in [1.165, 1.54) is 25.7 Å². The van der Waals surface area contributed by atoms with Gasteiger partial charge in [-0.05, 0) is 30.0 Å².